The molecule has 1 aliphatic heterocycles. The third-order valence-corrected chi connectivity index (χ3v) is 13.1. The van der Waals surface area contributed by atoms with Gasteiger partial charge in [-0.2, -0.15) is 0 Å². The van der Waals surface area contributed by atoms with Gasteiger partial charge in [-0.05, 0) is 22.6 Å². The Hall–Kier alpha value is -4.82. The lowest BCUT2D eigenvalue weighted by Crippen LogP contribution is -2.67. The quantitative estimate of drug-likeness (QED) is 0.191. The van der Waals surface area contributed by atoms with Gasteiger partial charge in [-0.1, -0.05) is 59.6 Å². The normalized spacial score (nSPS) is 23.6. The summed E-state index contributed by atoms with van der Waals surface area (Å²) in [4.78, 5) is 70.1. The van der Waals surface area contributed by atoms with E-state index in [-0.39, 0.29) is 31.0 Å². The molecule has 1 N–H and O–H groups in total. The number of aryl methyl sites for hydroxylation is 2. The third kappa shape index (κ3) is 4.77. The Kier molecular flexibility index (Phi) is 8.45. The first-order valence-corrected chi connectivity index (χ1v) is 18.2. The van der Waals surface area contributed by atoms with E-state index in [1.807, 2.05) is 0 Å². The Balaban J connectivity index is 1.26. The first kappa shape index (κ1) is 36.2. The number of hydrogen-bond acceptors (Lipinski definition) is 9. The third-order valence-electron chi connectivity index (χ3n) is 10.8. The molecule has 0 spiro atoms. The second kappa shape index (κ2) is 12.6. The van der Waals surface area contributed by atoms with Gasteiger partial charge in [-0.25, -0.2) is 28.5 Å². The smallest absolute Gasteiger partial charge is 0.347 e. The predicted molar refractivity (Wildman–Crippen MR) is 203 cm³/mol. The number of benzene rings is 3. The molecule has 17 heteroatoms. The molecule has 4 unspecified atom stereocenters. The number of carbonyl (C=O) groups excluding carboxylic acids is 2. The Morgan fingerprint density at radius 3 is 2.28 bits per heavy atom. The molecule has 1 fully saturated rings. The largest absolute Gasteiger partial charge is 0.507 e. The fourth-order valence-electron chi connectivity index (χ4n) is 8.20. The summed E-state index contributed by atoms with van der Waals surface area (Å²) in [5, 5.41) is 10.5. The fourth-order valence-corrected chi connectivity index (χ4v) is 9.72. The van der Waals surface area contributed by atoms with Crippen LogP contribution < -0.4 is 26.4 Å². The van der Waals surface area contributed by atoms with Crippen molar-refractivity contribution in [3.05, 3.63) is 113 Å². The number of fused-ring (bicyclic) bond motifs is 6. The van der Waals surface area contributed by atoms with Crippen LogP contribution in [0.15, 0.2) is 84.6 Å². The molecule has 278 valence electrons. The number of alkyl halides is 2. The Bertz CT molecular complexity index is 2760. The molecule has 8 rings (SSSR count). The second-order valence-corrected chi connectivity index (χ2v) is 15.4. The highest BCUT2D eigenvalue weighted by molar-refractivity contribution is 6.66. The van der Waals surface area contributed by atoms with Gasteiger partial charge in [0, 0.05) is 49.9 Å². The summed E-state index contributed by atoms with van der Waals surface area (Å²) in [6, 6.07) is 12.1. The van der Waals surface area contributed by atoms with Gasteiger partial charge in [0.2, 0.25) is 0 Å². The molecule has 0 amide bonds. The number of ether oxygens (including phenoxy) is 2. The fraction of sp³-hybridized carbons (Fsp3) is 0.297. The van der Waals surface area contributed by atoms with E-state index in [0.717, 1.165) is 4.57 Å². The number of halogens is 4. The number of aromatic nitrogens is 5. The maximum atomic E-state index is 14.4. The highest BCUT2D eigenvalue weighted by Crippen LogP contribution is 2.64. The molecular weight excluding hydrogens is 784 g/mol. The van der Waals surface area contributed by atoms with Gasteiger partial charge in [-0.15, -0.1) is 23.2 Å². The number of phenols is 1. The molecule has 1 saturated carbocycles. The molecule has 13 nitrogen and oxygen atoms in total. The summed E-state index contributed by atoms with van der Waals surface area (Å²) >= 11 is 27.4. The van der Waals surface area contributed by atoms with Gasteiger partial charge in [0.05, 0.1) is 37.8 Å². The predicted octanol–water partition coefficient (Wildman–Crippen LogP) is 4.64. The zero-order valence-electron chi connectivity index (χ0n) is 28.7. The van der Waals surface area contributed by atoms with Crippen molar-refractivity contribution in [3.8, 4) is 17.2 Å². The van der Waals surface area contributed by atoms with Crippen molar-refractivity contribution in [2.45, 2.75) is 47.6 Å². The van der Waals surface area contributed by atoms with Crippen LogP contribution in [0.4, 0.5) is 0 Å². The van der Waals surface area contributed by atoms with Crippen LogP contribution >= 0.6 is 46.4 Å². The Morgan fingerprint density at radius 2 is 1.57 bits per heavy atom. The number of methoxy groups -OCH3 is 2. The van der Waals surface area contributed by atoms with Crippen molar-refractivity contribution in [1.82, 2.24) is 23.5 Å². The van der Waals surface area contributed by atoms with Crippen LogP contribution in [0.2, 0.25) is 0 Å². The molecule has 2 aliphatic carbocycles. The van der Waals surface area contributed by atoms with Gasteiger partial charge in [-0.3, -0.25) is 14.4 Å². The number of ketones is 2. The molecule has 0 radical (unpaired) electrons. The molecule has 0 bridgehead atoms. The van der Waals surface area contributed by atoms with E-state index >= 15 is 0 Å². The Labute approximate surface area is 325 Å². The first-order chi connectivity index (χ1) is 25.7. The van der Waals surface area contributed by atoms with E-state index < -0.39 is 66.7 Å². The zero-order chi connectivity index (χ0) is 38.6. The number of Topliss-reactive ketones (excluding diaryl/α,β-unsaturated/α-hetero) is 2. The maximum absolute atomic E-state index is 14.4. The van der Waals surface area contributed by atoms with Crippen LogP contribution in [0.5, 0.6) is 17.2 Å². The number of aromatic hydroxyl groups is 1. The highest BCUT2D eigenvalue weighted by Gasteiger charge is 2.71. The summed E-state index contributed by atoms with van der Waals surface area (Å²) in [6.07, 6.45) is 1.21. The molecule has 3 heterocycles. The van der Waals surface area contributed by atoms with Crippen LogP contribution in [0, 0.1) is 0 Å². The number of allylic oxidation sites excluding steroid dienone is 4. The lowest BCUT2D eigenvalue weighted by Gasteiger charge is -2.54. The summed E-state index contributed by atoms with van der Waals surface area (Å²) in [5.74, 6) is -2.19. The van der Waals surface area contributed by atoms with Crippen molar-refractivity contribution >= 4 is 79.8 Å². The summed E-state index contributed by atoms with van der Waals surface area (Å²) in [6.45, 7) is -0.321. The molecule has 54 heavy (non-hydrogen) atoms. The standard InChI is InChI=1S/C37H29Cl4N5O8/c1-43-23-15-27(54-3)26(53-2)14-22(23)42-21(33(43)50)11-12-44-34(51)45-13-10-20-24(46(45)35(44)52)16-36(40)31(48)29(38)30(39)32(49)37(36,41)28(20)19-8-9-25(47)18-7-5-4-6-17(18)19/h4-10,14-15,24,28,47H,11-13,16H2,1-3H3. The molecular formula is C37H29Cl4N5O8. The number of rotatable bonds is 6. The lowest BCUT2D eigenvalue weighted by molar-refractivity contribution is -0.128. The summed E-state index contributed by atoms with van der Waals surface area (Å²) in [7, 11) is 4.53. The molecule has 0 saturated heterocycles. The van der Waals surface area contributed by atoms with Gasteiger partial charge in [0.25, 0.3) is 5.56 Å². The van der Waals surface area contributed by atoms with Crippen LogP contribution in [-0.2, 0) is 36.1 Å². The minimum Gasteiger partial charge on any atom is -0.507 e. The monoisotopic (exact) mass is 811 g/mol. The second-order valence-electron chi connectivity index (χ2n) is 13.4. The summed E-state index contributed by atoms with van der Waals surface area (Å²) in [5.41, 5.74) is 0.0406. The van der Waals surface area contributed by atoms with E-state index in [1.54, 1.807) is 55.6 Å². The van der Waals surface area contributed by atoms with Crippen molar-refractivity contribution in [2.75, 3.05) is 14.2 Å². The van der Waals surface area contributed by atoms with Crippen molar-refractivity contribution in [1.29, 1.82) is 0 Å². The van der Waals surface area contributed by atoms with Crippen molar-refractivity contribution < 1.29 is 24.2 Å². The van der Waals surface area contributed by atoms with Gasteiger partial charge in [0.15, 0.2) is 23.1 Å². The van der Waals surface area contributed by atoms with E-state index in [2.05, 4.69) is 4.98 Å². The first-order valence-electron chi connectivity index (χ1n) is 16.7. The SMILES string of the molecule is COc1cc2nc(CCn3c(=O)n4n(c3=O)C3CC5(Cl)C(=O)C(Cl)=C(Cl)C(=O)C5(Cl)C(c5ccc(O)c6ccccc56)C3=CC4)c(=O)n(C)c2cc1OC. The molecule has 3 aromatic carbocycles. The van der Waals surface area contributed by atoms with Crippen LogP contribution in [0.25, 0.3) is 21.8 Å². The molecule has 3 aliphatic rings. The zero-order valence-corrected chi connectivity index (χ0v) is 31.8. The number of nitrogens with zero attached hydrogens (tertiary/aromatic N) is 5. The average Bonchev–Trinajstić information content (AvgIpc) is 3.42. The van der Waals surface area contributed by atoms with Gasteiger partial charge >= 0.3 is 11.4 Å². The Morgan fingerprint density at radius 1 is 0.907 bits per heavy atom. The number of hydrogen-bond donors (Lipinski definition) is 1. The molecule has 5 aromatic rings. The van der Waals surface area contributed by atoms with Crippen LogP contribution in [0.1, 0.15) is 29.6 Å². The number of carbonyl (C=O) groups is 2. The maximum Gasteiger partial charge on any atom is 0.347 e. The topological polar surface area (TPSA) is 157 Å². The van der Waals surface area contributed by atoms with E-state index in [1.165, 1.54) is 34.2 Å². The molecule has 4 atom stereocenters. The minimum atomic E-state index is -2.24. The van der Waals surface area contributed by atoms with Gasteiger partial charge in [0.1, 0.15) is 31.3 Å². The minimum absolute atomic E-state index is 0.0381. The molecule has 2 aromatic heterocycles. The van der Waals surface area contributed by atoms with E-state index in [4.69, 9.17) is 55.9 Å². The van der Waals surface area contributed by atoms with E-state index in [0.29, 0.717) is 44.4 Å². The number of phenolic OH excluding ortho intramolecular Hbond substituents is 1. The highest BCUT2D eigenvalue weighted by atomic mass is 35.5. The average molecular weight is 813 g/mol. The van der Waals surface area contributed by atoms with Crippen LogP contribution in [-0.4, -0.2) is 64.1 Å². The van der Waals surface area contributed by atoms with Crippen molar-refractivity contribution in [2.24, 2.45) is 7.05 Å². The summed E-state index contributed by atoms with van der Waals surface area (Å²) < 4.78 is 15.6. The van der Waals surface area contributed by atoms with E-state index in [9.17, 15) is 29.1 Å². The van der Waals surface area contributed by atoms with Gasteiger partial charge < -0.3 is 19.1 Å². The van der Waals surface area contributed by atoms with Crippen LogP contribution in [0.3, 0.4) is 0 Å². The van der Waals surface area contributed by atoms with Crippen molar-refractivity contribution in [3.63, 3.8) is 0 Å². The lowest BCUT2D eigenvalue weighted by atomic mass is 9.58.